The molecule has 0 spiro atoms. The topological polar surface area (TPSA) is 40.6 Å². The highest BCUT2D eigenvalue weighted by molar-refractivity contribution is 6.37. The van der Waals surface area contributed by atoms with Crippen molar-refractivity contribution in [3.63, 3.8) is 0 Å². The zero-order valence-corrected chi connectivity index (χ0v) is 18.3. The summed E-state index contributed by atoms with van der Waals surface area (Å²) in [6.45, 7) is 2.66. The average Bonchev–Trinajstić information content (AvgIpc) is 3.05. The van der Waals surface area contributed by atoms with Gasteiger partial charge in [0.2, 0.25) is 0 Å². The van der Waals surface area contributed by atoms with Crippen LogP contribution in [0.3, 0.4) is 0 Å². The van der Waals surface area contributed by atoms with Gasteiger partial charge in [0.1, 0.15) is 11.5 Å². The fraction of sp³-hybridized carbons (Fsp3) is 0.154. The summed E-state index contributed by atoms with van der Waals surface area (Å²) >= 11 is 6.05. The van der Waals surface area contributed by atoms with Crippen molar-refractivity contribution < 1.29 is 14.0 Å². The van der Waals surface area contributed by atoms with Crippen LogP contribution < -0.4 is 4.90 Å². The van der Waals surface area contributed by atoms with E-state index in [1.165, 1.54) is 17.0 Å². The van der Waals surface area contributed by atoms with Gasteiger partial charge < -0.3 is 4.90 Å². The van der Waals surface area contributed by atoms with Gasteiger partial charge in [0.15, 0.2) is 0 Å². The van der Waals surface area contributed by atoms with Crippen molar-refractivity contribution in [3.8, 4) is 0 Å². The largest absolute Gasteiger partial charge is 0.337 e. The quantitative estimate of drug-likeness (QED) is 0.459. The summed E-state index contributed by atoms with van der Waals surface area (Å²) in [5.41, 5.74) is 3.03. The average molecular weight is 449 g/mol. The van der Waals surface area contributed by atoms with Crippen molar-refractivity contribution in [1.29, 1.82) is 0 Å². The molecule has 162 valence electrons. The lowest BCUT2D eigenvalue weighted by Gasteiger charge is -2.25. The van der Waals surface area contributed by atoms with Crippen LogP contribution in [0.25, 0.3) is 5.57 Å². The number of amides is 2. The Morgan fingerprint density at radius 2 is 1.53 bits per heavy atom. The van der Waals surface area contributed by atoms with Gasteiger partial charge in [-0.05, 0) is 60.9 Å². The maximum atomic E-state index is 13.5. The van der Waals surface area contributed by atoms with Gasteiger partial charge in [-0.25, -0.2) is 4.39 Å². The Bertz CT molecular complexity index is 1160. The Balaban J connectivity index is 1.72. The first-order valence-corrected chi connectivity index (χ1v) is 10.8. The van der Waals surface area contributed by atoms with Crippen LogP contribution in [0.15, 0.2) is 84.6 Å². The van der Waals surface area contributed by atoms with Crippen molar-refractivity contribution in [2.75, 3.05) is 18.0 Å². The molecule has 6 heteroatoms. The molecule has 0 radical (unpaired) electrons. The van der Waals surface area contributed by atoms with Crippen molar-refractivity contribution in [2.45, 2.75) is 13.3 Å². The maximum Gasteiger partial charge on any atom is 0.278 e. The number of para-hydroxylation sites is 1. The number of anilines is 1. The minimum Gasteiger partial charge on any atom is -0.337 e. The normalized spacial score (nSPS) is 13.8. The number of likely N-dealkylation sites (N-methyl/N-ethyl adjacent to an activating group) is 1. The Hall–Kier alpha value is -3.44. The van der Waals surface area contributed by atoms with Gasteiger partial charge in [0.25, 0.3) is 11.8 Å². The van der Waals surface area contributed by atoms with Crippen molar-refractivity contribution in [3.05, 3.63) is 107 Å². The minimum atomic E-state index is -0.344. The maximum absolute atomic E-state index is 13.5. The summed E-state index contributed by atoms with van der Waals surface area (Å²) in [6.07, 6.45) is 0.441. The predicted molar refractivity (Wildman–Crippen MR) is 125 cm³/mol. The van der Waals surface area contributed by atoms with Gasteiger partial charge in [-0.3, -0.25) is 14.5 Å². The first kappa shape index (κ1) is 21.8. The molecule has 2 amide bonds. The summed E-state index contributed by atoms with van der Waals surface area (Å²) in [5, 5.41) is 0.552. The van der Waals surface area contributed by atoms with E-state index in [9.17, 15) is 14.0 Å². The van der Waals surface area contributed by atoms with Gasteiger partial charge in [-0.2, -0.15) is 0 Å². The highest BCUT2D eigenvalue weighted by Crippen LogP contribution is 2.34. The lowest BCUT2D eigenvalue weighted by atomic mass is 10.0. The zero-order valence-electron chi connectivity index (χ0n) is 17.6. The molecule has 1 heterocycles. The summed E-state index contributed by atoms with van der Waals surface area (Å²) in [6, 6.07) is 22.5. The molecule has 0 aliphatic carbocycles. The van der Waals surface area contributed by atoms with E-state index in [1.54, 1.807) is 36.4 Å². The molecular weight excluding hydrogens is 427 g/mol. The number of hydrogen-bond acceptors (Lipinski definition) is 3. The van der Waals surface area contributed by atoms with Crippen molar-refractivity contribution >= 4 is 34.7 Å². The van der Waals surface area contributed by atoms with E-state index in [0.29, 0.717) is 34.8 Å². The molecule has 3 aromatic carbocycles. The van der Waals surface area contributed by atoms with Crippen LogP contribution in [0.5, 0.6) is 0 Å². The monoisotopic (exact) mass is 448 g/mol. The van der Waals surface area contributed by atoms with E-state index in [-0.39, 0.29) is 24.2 Å². The first-order valence-electron chi connectivity index (χ1n) is 10.4. The lowest BCUT2D eigenvalue weighted by Crippen LogP contribution is -2.36. The number of halogens is 2. The summed E-state index contributed by atoms with van der Waals surface area (Å²) in [5.74, 6) is -1.01. The van der Waals surface area contributed by atoms with E-state index in [0.717, 1.165) is 11.3 Å². The van der Waals surface area contributed by atoms with E-state index in [2.05, 4.69) is 0 Å². The van der Waals surface area contributed by atoms with Gasteiger partial charge in [-0.1, -0.05) is 54.1 Å². The highest BCUT2D eigenvalue weighted by Gasteiger charge is 2.41. The van der Waals surface area contributed by atoms with Gasteiger partial charge in [0.05, 0.1) is 5.57 Å². The second kappa shape index (κ2) is 9.37. The Morgan fingerprint density at radius 1 is 0.875 bits per heavy atom. The van der Waals surface area contributed by atoms with E-state index < -0.39 is 0 Å². The van der Waals surface area contributed by atoms with Crippen molar-refractivity contribution in [2.24, 2.45) is 0 Å². The second-order valence-corrected chi connectivity index (χ2v) is 7.89. The highest BCUT2D eigenvalue weighted by atomic mass is 35.5. The molecule has 4 nitrogen and oxygen atoms in total. The first-order chi connectivity index (χ1) is 15.5. The molecule has 0 aromatic heterocycles. The van der Waals surface area contributed by atoms with Gasteiger partial charge in [0, 0.05) is 23.8 Å². The molecule has 0 N–H and O–H groups in total. The predicted octanol–water partition coefficient (Wildman–Crippen LogP) is 5.33. The molecule has 0 saturated carbocycles. The Labute approximate surface area is 191 Å². The number of rotatable bonds is 7. The number of benzene rings is 3. The van der Waals surface area contributed by atoms with Crippen LogP contribution in [0.2, 0.25) is 5.02 Å². The molecule has 0 saturated heterocycles. The molecule has 1 aliphatic heterocycles. The number of nitrogens with zero attached hydrogens (tertiary/aromatic N) is 2. The Kier molecular flexibility index (Phi) is 6.37. The van der Waals surface area contributed by atoms with Crippen molar-refractivity contribution in [1.82, 2.24) is 4.90 Å². The number of carbonyl (C=O) groups is 2. The molecule has 3 aromatic rings. The molecule has 0 atom stereocenters. The number of imide groups is 1. The van der Waals surface area contributed by atoms with E-state index in [1.807, 2.05) is 42.2 Å². The fourth-order valence-corrected chi connectivity index (χ4v) is 3.99. The summed E-state index contributed by atoms with van der Waals surface area (Å²) < 4.78 is 13.2. The van der Waals surface area contributed by atoms with Crippen LogP contribution in [0.1, 0.15) is 18.1 Å². The smallest absolute Gasteiger partial charge is 0.278 e. The molecule has 0 bridgehead atoms. The number of carbonyl (C=O) groups excluding carboxylic acids is 2. The van der Waals surface area contributed by atoms with Crippen LogP contribution >= 0.6 is 11.6 Å². The molecular formula is C26H22ClFN2O2. The third-order valence-corrected chi connectivity index (χ3v) is 5.72. The Morgan fingerprint density at radius 3 is 2.16 bits per heavy atom. The SMILES string of the molecule is CCN(C1=C(c2ccc(Cl)cc2)C(=O)N(CCc2ccc(F)cc2)C1=O)c1ccccc1. The van der Waals surface area contributed by atoms with Gasteiger partial charge >= 0.3 is 0 Å². The van der Waals surface area contributed by atoms with Crippen LogP contribution in [-0.2, 0) is 16.0 Å². The molecule has 1 aliphatic rings. The number of hydrogen-bond donors (Lipinski definition) is 0. The summed E-state index contributed by atoms with van der Waals surface area (Å²) in [7, 11) is 0. The molecule has 0 unspecified atom stereocenters. The minimum absolute atomic E-state index is 0.205. The van der Waals surface area contributed by atoms with Crippen LogP contribution in [0.4, 0.5) is 10.1 Å². The van der Waals surface area contributed by atoms with E-state index >= 15 is 0 Å². The second-order valence-electron chi connectivity index (χ2n) is 7.45. The molecule has 4 rings (SSSR count). The third-order valence-electron chi connectivity index (χ3n) is 5.47. The fourth-order valence-electron chi connectivity index (χ4n) is 3.86. The third kappa shape index (κ3) is 4.30. The van der Waals surface area contributed by atoms with Gasteiger partial charge in [-0.15, -0.1) is 0 Å². The standard InChI is InChI=1S/C26H22ClFN2O2/c1-2-29(22-6-4-3-5-7-22)24-23(19-10-12-20(27)13-11-19)25(31)30(26(24)32)17-16-18-8-14-21(28)15-9-18/h3-15H,2,16-17H2,1H3. The van der Waals surface area contributed by atoms with Crippen LogP contribution in [0, 0.1) is 5.82 Å². The van der Waals surface area contributed by atoms with E-state index in [4.69, 9.17) is 11.6 Å². The summed E-state index contributed by atoms with van der Waals surface area (Å²) in [4.78, 5) is 30.1. The van der Waals surface area contributed by atoms with Crippen LogP contribution in [-0.4, -0.2) is 29.8 Å². The lowest BCUT2D eigenvalue weighted by molar-refractivity contribution is -0.136. The zero-order chi connectivity index (χ0) is 22.7. The molecule has 0 fully saturated rings. The molecule has 32 heavy (non-hydrogen) atoms.